The molecule has 2 N–H and O–H groups in total. The molecule has 0 unspecified atom stereocenters. The molecule has 1 fully saturated rings. The van der Waals surface area contributed by atoms with E-state index in [-0.39, 0.29) is 31.1 Å². The Morgan fingerprint density at radius 1 is 1.16 bits per heavy atom. The Kier molecular flexibility index (Phi) is 6.18. The molecule has 0 saturated carbocycles. The quantitative estimate of drug-likeness (QED) is 0.561. The van der Waals surface area contributed by atoms with E-state index in [0.29, 0.717) is 28.8 Å². The zero-order valence-electron chi connectivity index (χ0n) is 17.5. The van der Waals surface area contributed by atoms with Crippen molar-refractivity contribution in [1.82, 2.24) is 14.2 Å². The number of H-pyrrole nitrogens is 1. The number of carboxylic acid groups (broad SMARTS) is 1. The Hall–Kier alpha value is -2.95. The molecule has 10 heteroatoms. The maximum atomic E-state index is 13.5. The molecule has 0 spiro atoms. The number of fused-ring (bicyclic) bond motifs is 1. The average Bonchev–Trinajstić information content (AvgIpc) is 3.17. The van der Waals surface area contributed by atoms with E-state index < -0.39 is 27.9 Å². The first-order valence-electron chi connectivity index (χ1n) is 10.3. The van der Waals surface area contributed by atoms with E-state index in [2.05, 4.69) is 4.98 Å². The molecule has 1 aromatic heterocycles. The number of halogens is 1. The SMILES string of the molecule is CCOc1ccc(S(=O)(=O)N2CCN([C@H](C(=O)O)c3c[nH]c4cc(F)ccc34)CC2)cc1. The summed E-state index contributed by atoms with van der Waals surface area (Å²) in [5, 5.41) is 10.5. The third-order valence-corrected chi connectivity index (χ3v) is 7.53. The number of piperazine rings is 1. The van der Waals surface area contributed by atoms with Crippen molar-refractivity contribution in [3.05, 3.63) is 60.0 Å². The summed E-state index contributed by atoms with van der Waals surface area (Å²) in [7, 11) is -3.70. The lowest BCUT2D eigenvalue weighted by atomic mass is 10.0. The minimum atomic E-state index is -3.70. The van der Waals surface area contributed by atoms with Crippen molar-refractivity contribution in [2.24, 2.45) is 0 Å². The monoisotopic (exact) mass is 461 g/mol. The van der Waals surface area contributed by atoms with E-state index in [1.54, 1.807) is 29.3 Å². The van der Waals surface area contributed by atoms with Crippen molar-refractivity contribution in [2.75, 3.05) is 32.8 Å². The number of nitrogens with one attached hydrogen (secondary N) is 1. The molecule has 1 aliphatic rings. The van der Waals surface area contributed by atoms with E-state index in [9.17, 15) is 22.7 Å². The lowest BCUT2D eigenvalue weighted by molar-refractivity contribution is -0.144. The summed E-state index contributed by atoms with van der Waals surface area (Å²) in [5.41, 5.74) is 1.04. The van der Waals surface area contributed by atoms with Gasteiger partial charge in [-0.3, -0.25) is 9.69 Å². The highest BCUT2D eigenvalue weighted by atomic mass is 32.2. The molecule has 0 amide bonds. The molecule has 170 valence electrons. The molecule has 0 bridgehead atoms. The molecule has 2 heterocycles. The van der Waals surface area contributed by atoms with E-state index in [0.717, 1.165) is 0 Å². The number of aliphatic carboxylic acids is 1. The van der Waals surface area contributed by atoms with Crippen molar-refractivity contribution >= 4 is 26.9 Å². The van der Waals surface area contributed by atoms with Gasteiger partial charge in [0.25, 0.3) is 0 Å². The van der Waals surface area contributed by atoms with E-state index in [1.807, 2.05) is 6.92 Å². The number of hydrogen-bond acceptors (Lipinski definition) is 5. The summed E-state index contributed by atoms with van der Waals surface area (Å²) in [4.78, 5) is 16.9. The molecule has 0 aliphatic carbocycles. The van der Waals surface area contributed by atoms with E-state index in [1.165, 1.54) is 28.6 Å². The highest BCUT2D eigenvalue weighted by Crippen LogP contribution is 2.31. The third-order valence-electron chi connectivity index (χ3n) is 5.62. The van der Waals surface area contributed by atoms with Crippen LogP contribution in [0.2, 0.25) is 0 Å². The standard InChI is InChI=1S/C22H24FN3O5S/c1-2-31-16-4-6-17(7-5-16)32(29,30)26-11-9-25(10-12-26)21(22(27)28)19-14-24-20-13-15(23)3-8-18(19)20/h3-8,13-14,21,24H,2,9-12H2,1H3,(H,27,28)/t21-/m0/s1. The smallest absolute Gasteiger partial charge is 0.325 e. The predicted octanol–water partition coefficient (Wildman–Crippen LogP) is 2.84. The summed E-state index contributed by atoms with van der Waals surface area (Å²) in [6, 6.07) is 9.46. The van der Waals surface area contributed by atoms with Gasteiger partial charge in [0.05, 0.1) is 11.5 Å². The van der Waals surface area contributed by atoms with Crippen LogP contribution in [0.15, 0.2) is 53.6 Å². The Morgan fingerprint density at radius 2 is 1.84 bits per heavy atom. The molecule has 1 saturated heterocycles. The number of sulfonamides is 1. The number of aromatic amines is 1. The molecule has 1 atom stereocenters. The molecular weight excluding hydrogens is 437 g/mol. The summed E-state index contributed by atoms with van der Waals surface area (Å²) < 4.78 is 46.2. The minimum absolute atomic E-state index is 0.163. The second kappa shape index (κ2) is 8.89. The summed E-state index contributed by atoms with van der Waals surface area (Å²) in [6.07, 6.45) is 1.58. The molecule has 32 heavy (non-hydrogen) atoms. The normalized spacial score (nSPS) is 16.8. The maximum Gasteiger partial charge on any atom is 0.325 e. The Morgan fingerprint density at radius 3 is 2.47 bits per heavy atom. The van der Waals surface area contributed by atoms with Crippen LogP contribution in [0.3, 0.4) is 0 Å². The first-order valence-corrected chi connectivity index (χ1v) is 11.7. The van der Waals surface area contributed by atoms with Gasteiger partial charge in [0.2, 0.25) is 10.0 Å². The fourth-order valence-electron chi connectivity index (χ4n) is 4.06. The first-order chi connectivity index (χ1) is 15.3. The van der Waals surface area contributed by atoms with Crippen LogP contribution in [0.4, 0.5) is 4.39 Å². The van der Waals surface area contributed by atoms with Gasteiger partial charge in [0.15, 0.2) is 0 Å². The van der Waals surface area contributed by atoms with Crippen molar-refractivity contribution in [1.29, 1.82) is 0 Å². The number of rotatable bonds is 7. The minimum Gasteiger partial charge on any atom is -0.494 e. The fourth-order valence-corrected chi connectivity index (χ4v) is 5.48. The Bertz CT molecular complexity index is 1220. The van der Waals surface area contributed by atoms with Crippen LogP contribution in [-0.2, 0) is 14.8 Å². The van der Waals surface area contributed by atoms with Crippen LogP contribution in [0.25, 0.3) is 10.9 Å². The van der Waals surface area contributed by atoms with Crippen LogP contribution in [0.5, 0.6) is 5.75 Å². The van der Waals surface area contributed by atoms with Gasteiger partial charge >= 0.3 is 5.97 Å². The number of carboxylic acids is 1. The lowest BCUT2D eigenvalue weighted by Gasteiger charge is -2.37. The Labute approximate surface area is 185 Å². The number of ether oxygens (including phenoxy) is 1. The Balaban J connectivity index is 1.51. The first kappa shape index (κ1) is 22.3. The topological polar surface area (TPSA) is 103 Å². The summed E-state index contributed by atoms with van der Waals surface area (Å²) in [6.45, 7) is 3.17. The van der Waals surface area contributed by atoms with Gasteiger partial charge in [-0.15, -0.1) is 0 Å². The van der Waals surface area contributed by atoms with Crippen LogP contribution in [-0.4, -0.2) is 66.5 Å². The summed E-state index contributed by atoms with van der Waals surface area (Å²) in [5.74, 6) is -0.858. The largest absolute Gasteiger partial charge is 0.494 e. The molecule has 0 radical (unpaired) electrons. The van der Waals surface area contributed by atoms with Crippen molar-refractivity contribution < 1.29 is 27.4 Å². The number of nitrogens with zero attached hydrogens (tertiary/aromatic N) is 2. The maximum absolute atomic E-state index is 13.5. The van der Waals surface area contributed by atoms with Gasteiger partial charge in [0.1, 0.15) is 17.6 Å². The lowest BCUT2D eigenvalue weighted by Crippen LogP contribution is -2.50. The zero-order valence-corrected chi connectivity index (χ0v) is 18.3. The van der Waals surface area contributed by atoms with Gasteiger partial charge in [-0.1, -0.05) is 0 Å². The second-order valence-electron chi connectivity index (χ2n) is 7.52. The van der Waals surface area contributed by atoms with Gasteiger partial charge in [-0.05, 0) is 49.4 Å². The molecule has 4 rings (SSSR count). The summed E-state index contributed by atoms with van der Waals surface area (Å²) >= 11 is 0. The fraction of sp³-hybridized carbons (Fsp3) is 0.318. The zero-order chi connectivity index (χ0) is 22.9. The molecule has 2 aromatic carbocycles. The van der Waals surface area contributed by atoms with E-state index in [4.69, 9.17) is 4.74 Å². The van der Waals surface area contributed by atoms with Gasteiger partial charge in [0, 0.05) is 48.8 Å². The number of aromatic nitrogens is 1. The predicted molar refractivity (Wildman–Crippen MR) is 117 cm³/mol. The number of carbonyl (C=O) groups is 1. The van der Waals surface area contributed by atoms with Crippen LogP contribution in [0.1, 0.15) is 18.5 Å². The number of hydrogen-bond donors (Lipinski definition) is 2. The molecular formula is C22H24FN3O5S. The van der Waals surface area contributed by atoms with Crippen molar-refractivity contribution in [2.45, 2.75) is 17.9 Å². The highest BCUT2D eigenvalue weighted by Gasteiger charge is 2.35. The average molecular weight is 462 g/mol. The second-order valence-corrected chi connectivity index (χ2v) is 9.46. The van der Waals surface area contributed by atoms with Crippen molar-refractivity contribution in [3.8, 4) is 5.75 Å². The van der Waals surface area contributed by atoms with Crippen LogP contribution >= 0.6 is 0 Å². The van der Waals surface area contributed by atoms with Gasteiger partial charge in [-0.25, -0.2) is 12.8 Å². The van der Waals surface area contributed by atoms with Crippen LogP contribution in [0, 0.1) is 5.82 Å². The number of benzene rings is 2. The molecule has 8 nitrogen and oxygen atoms in total. The molecule has 1 aliphatic heterocycles. The van der Waals surface area contributed by atoms with Crippen molar-refractivity contribution in [3.63, 3.8) is 0 Å². The van der Waals surface area contributed by atoms with Gasteiger partial charge < -0.3 is 14.8 Å². The third kappa shape index (κ3) is 4.21. The molecule has 3 aromatic rings. The van der Waals surface area contributed by atoms with Gasteiger partial charge in [-0.2, -0.15) is 4.31 Å². The highest BCUT2D eigenvalue weighted by molar-refractivity contribution is 7.89. The van der Waals surface area contributed by atoms with Crippen LogP contribution < -0.4 is 4.74 Å². The van der Waals surface area contributed by atoms with E-state index >= 15 is 0 Å².